The number of aldehydes is 2. The maximum Gasteiger partial charge on any atom is 0.308 e. The monoisotopic (exact) mass is 524 g/mol. The van der Waals surface area contributed by atoms with Gasteiger partial charge in [0.05, 0.1) is 37.8 Å². The highest BCUT2D eigenvalue weighted by atomic mass is 16.6. The average molecular weight is 525 g/mol. The van der Waals surface area contributed by atoms with Crippen molar-refractivity contribution in [3.8, 4) is 0 Å². The van der Waals surface area contributed by atoms with Crippen molar-refractivity contribution < 1.29 is 43.2 Å². The molecular formula is C28H44O9. The Kier molecular flexibility index (Phi) is 9.91. The second-order valence-corrected chi connectivity index (χ2v) is 12.1. The van der Waals surface area contributed by atoms with Gasteiger partial charge in [0.25, 0.3) is 0 Å². The molecule has 1 aliphatic heterocycles. The Morgan fingerprint density at radius 2 is 1.59 bits per heavy atom. The second kappa shape index (κ2) is 12.3. The molecular weight excluding hydrogens is 480 g/mol. The van der Waals surface area contributed by atoms with Gasteiger partial charge in [0.2, 0.25) is 0 Å². The number of fused-ring (bicyclic) bond motifs is 2. The van der Waals surface area contributed by atoms with Gasteiger partial charge in [0.15, 0.2) is 5.79 Å². The Balaban J connectivity index is 1.62. The number of hydrogen-bond acceptors (Lipinski definition) is 9. The summed E-state index contributed by atoms with van der Waals surface area (Å²) in [4.78, 5) is 47.5. The van der Waals surface area contributed by atoms with Gasteiger partial charge in [-0.2, -0.15) is 0 Å². The van der Waals surface area contributed by atoms with E-state index in [0.717, 1.165) is 19.0 Å². The van der Waals surface area contributed by atoms with Gasteiger partial charge in [-0.3, -0.25) is 9.59 Å². The lowest BCUT2D eigenvalue weighted by Crippen LogP contribution is -2.53. The molecule has 2 aliphatic carbocycles. The summed E-state index contributed by atoms with van der Waals surface area (Å²) in [6.07, 6.45) is 3.86. The normalized spacial score (nSPS) is 33.6. The molecule has 1 N–H and O–H groups in total. The lowest BCUT2D eigenvalue weighted by atomic mass is 9.72. The zero-order valence-electron chi connectivity index (χ0n) is 22.7. The summed E-state index contributed by atoms with van der Waals surface area (Å²) in [7, 11) is 0. The number of aliphatic hydroxyl groups is 1. The van der Waals surface area contributed by atoms with Gasteiger partial charge in [-0.05, 0) is 55.3 Å². The molecule has 0 aromatic rings. The van der Waals surface area contributed by atoms with Gasteiger partial charge in [0.1, 0.15) is 18.7 Å². The molecule has 4 atom stereocenters. The maximum absolute atomic E-state index is 12.5. The Morgan fingerprint density at radius 3 is 2.16 bits per heavy atom. The van der Waals surface area contributed by atoms with Crippen molar-refractivity contribution in [3.05, 3.63) is 0 Å². The molecule has 210 valence electrons. The average Bonchev–Trinajstić information content (AvgIpc) is 3.56. The molecule has 0 bridgehead atoms. The fourth-order valence-electron chi connectivity index (χ4n) is 6.00. The van der Waals surface area contributed by atoms with E-state index >= 15 is 0 Å². The maximum atomic E-state index is 12.5. The van der Waals surface area contributed by atoms with E-state index in [4.69, 9.17) is 18.9 Å². The van der Waals surface area contributed by atoms with Crippen LogP contribution in [0.3, 0.4) is 0 Å². The third kappa shape index (κ3) is 7.83. The highest BCUT2D eigenvalue weighted by Crippen LogP contribution is 2.69. The first kappa shape index (κ1) is 29.7. The molecule has 1 heterocycles. The minimum absolute atomic E-state index is 0.0397. The fourth-order valence-corrected chi connectivity index (χ4v) is 6.00. The SMILES string of the molecule is CC(C)COC(=O)CC(CCC=O)OC1(O)CCC2(CC1)O[C@H](C=O)CC1(CC(=O)OCC(C)C)CC12. The first-order valence-electron chi connectivity index (χ1n) is 13.7. The number of ether oxygens (including phenoxy) is 4. The Labute approximate surface area is 219 Å². The van der Waals surface area contributed by atoms with Crippen molar-refractivity contribution in [2.75, 3.05) is 13.2 Å². The number of rotatable bonds is 14. The van der Waals surface area contributed by atoms with Crippen LogP contribution in [-0.4, -0.2) is 66.4 Å². The summed E-state index contributed by atoms with van der Waals surface area (Å²) in [6.45, 7) is 8.54. The minimum Gasteiger partial charge on any atom is -0.465 e. The molecule has 3 aliphatic rings. The predicted molar refractivity (Wildman–Crippen MR) is 133 cm³/mol. The van der Waals surface area contributed by atoms with Crippen LogP contribution in [0, 0.1) is 23.2 Å². The van der Waals surface area contributed by atoms with Gasteiger partial charge in [-0.25, -0.2) is 0 Å². The molecule has 1 saturated heterocycles. The van der Waals surface area contributed by atoms with Crippen LogP contribution >= 0.6 is 0 Å². The predicted octanol–water partition coefficient (Wildman–Crippen LogP) is 3.52. The molecule has 9 nitrogen and oxygen atoms in total. The van der Waals surface area contributed by atoms with Crippen LogP contribution in [0.2, 0.25) is 0 Å². The molecule has 37 heavy (non-hydrogen) atoms. The van der Waals surface area contributed by atoms with Crippen molar-refractivity contribution in [2.24, 2.45) is 23.2 Å². The highest BCUT2D eigenvalue weighted by molar-refractivity contribution is 5.71. The summed E-state index contributed by atoms with van der Waals surface area (Å²) in [5, 5.41) is 11.3. The molecule has 0 radical (unpaired) electrons. The van der Waals surface area contributed by atoms with Crippen LogP contribution in [0.4, 0.5) is 0 Å². The fraction of sp³-hybridized carbons (Fsp3) is 0.857. The van der Waals surface area contributed by atoms with E-state index in [1.165, 1.54) is 0 Å². The van der Waals surface area contributed by atoms with E-state index in [2.05, 4.69) is 0 Å². The quantitative estimate of drug-likeness (QED) is 0.206. The molecule has 0 amide bonds. The smallest absolute Gasteiger partial charge is 0.308 e. The molecule has 0 aromatic heterocycles. The van der Waals surface area contributed by atoms with E-state index in [9.17, 15) is 24.3 Å². The van der Waals surface area contributed by atoms with E-state index in [0.29, 0.717) is 38.9 Å². The highest BCUT2D eigenvalue weighted by Gasteiger charge is 2.69. The zero-order chi connectivity index (χ0) is 27.3. The standard InChI is InChI=1S/C28H44O9/c1-19(2)17-34-24(31)12-21(6-5-11-29)37-28(33)9-7-27(8-10-28)23-14-26(23,13-22(16-30)36-27)15-25(32)35-18-20(3)4/h11,16,19-23,33H,5-10,12-15,17-18H2,1-4H3/t21?,22-,23?,26?,27?,28?/m0/s1. The van der Waals surface area contributed by atoms with Crippen molar-refractivity contribution >= 4 is 24.5 Å². The Bertz CT molecular complexity index is 814. The van der Waals surface area contributed by atoms with Gasteiger partial charge >= 0.3 is 11.9 Å². The first-order chi connectivity index (χ1) is 17.4. The number of hydrogen-bond donors (Lipinski definition) is 1. The minimum atomic E-state index is -1.47. The van der Waals surface area contributed by atoms with Crippen molar-refractivity contribution in [2.45, 2.75) is 115 Å². The Hall–Kier alpha value is -1.84. The summed E-state index contributed by atoms with van der Waals surface area (Å²) in [5.41, 5.74) is -0.910. The van der Waals surface area contributed by atoms with E-state index in [1.54, 1.807) is 0 Å². The van der Waals surface area contributed by atoms with Crippen LogP contribution in [0.1, 0.15) is 91.9 Å². The summed E-state index contributed by atoms with van der Waals surface area (Å²) in [6, 6.07) is 0. The van der Waals surface area contributed by atoms with Gasteiger partial charge in [-0.1, -0.05) is 27.7 Å². The van der Waals surface area contributed by atoms with E-state index in [-0.39, 0.29) is 61.2 Å². The van der Waals surface area contributed by atoms with Crippen LogP contribution < -0.4 is 0 Å². The van der Waals surface area contributed by atoms with Gasteiger partial charge < -0.3 is 33.6 Å². The number of carbonyl (C=O) groups excluding carboxylic acids is 4. The van der Waals surface area contributed by atoms with Gasteiger partial charge in [-0.15, -0.1) is 0 Å². The first-order valence-corrected chi connectivity index (χ1v) is 13.7. The van der Waals surface area contributed by atoms with E-state index < -0.39 is 29.6 Å². The lowest BCUT2D eigenvalue weighted by molar-refractivity contribution is -0.275. The molecule has 3 rings (SSSR count). The summed E-state index contributed by atoms with van der Waals surface area (Å²) in [5.74, 6) is -1.56. The van der Waals surface area contributed by atoms with Crippen molar-refractivity contribution in [1.82, 2.24) is 0 Å². The number of carbonyl (C=O) groups is 4. The molecule has 1 spiro atoms. The second-order valence-electron chi connectivity index (χ2n) is 12.1. The third-order valence-electron chi connectivity index (χ3n) is 7.89. The van der Waals surface area contributed by atoms with Crippen LogP contribution in [0.5, 0.6) is 0 Å². The Morgan fingerprint density at radius 1 is 0.973 bits per heavy atom. The van der Waals surface area contributed by atoms with Gasteiger partial charge in [0, 0.05) is 19.3 Å². The van der Waals surface area contributed by atoms with E-state index in [1.807, 2.05) is 27.7 Å². The molecule has 0 aromatic carbocycles. The topological polar surface area (TPSA) is 125 Å². The summed E-state index contributed by atoms with van der Waals surface area (Å²) < 4.78 is 23.0. The molecule has 3 fully saturated rings. The number of esters is 2. The van der Waals surface area contributed by atoms with Crippen LogP contribution in [0.25, 0.3) is 0 Å². The molecule has 9 heteroatoms. The van der Waals surface area contributed by atoms with Crippen LogP contribution in [0.15, 0.2) is 0 Å². The zero-order valence-corrected chi connectivity index (χ0v) is 22.7. The third-order valence-corrected chi connectivity index (χ3v) is 7.89. The lowest BCUT2D eigenvalue weighted by Gasteiger charge is -2.49. The molecule has 2 saturated carbocycles. The summed E-state index contributed by atoms with van der Waals surface area (Å²) >= 11 is 0. The van der Waals surface area contributed by atoms with Crippen molar-refractivity contribution in [1.29, 1.82) is 0 Å². The molecule has 3 unspecified atom stereocenters. The van der Waals surface area contributed by atoms with Crippen LogP contribution in [-0.2, 0) is 38.1 Å². The largest absolute Gasteiger partial charge is 0.465 e. The van der Waals surface area contributed by atoms with Crippen molar-refractivity contribution in [3.63, 3.8) is 0 Å².